The standard InChI is InChI=1S/C17H21F2N3/c1-3-5-12-22(11-4-2)16-10-9-15(20-21-16)13-7-6-8-14(18)17(13)19/h6-10H,3-5,11-12H2,1-2H3. The summed E-state index contributed by atoms with van der Waals surface area (Å²) in [7, 11) is 0. The summed E-state index contributed by atoms with van der Waals surface area (Å²) >= 11 is 0. The summed E-state index contributed by atoms with van der Waals surface area (Å²) in [5, 5.41) is 8.25. The van der Waals surface area contributed by atoms with Gasteiger partial charge >= 0.3 is 0 Å². The van der Waals surface area contributed by atoms with Gasteiger partial charge in [0.15, 0.2) is 17.5 Å². The molecule has 0 unspecified atom stereocenters. The third-order valence-electron chi connectivity index (χ3n) is 3.48. The van der Waals surface area contributed by atoms with E-state index in [9.17, 15) is 8.78 Å². The molecule has 0 radical (unpaired) electrons. The number of nitrogens with zero attached hydrogens (tertiary/aromatic N) is 3. The Kier molecular flexibility index (Phi) is 5.81. The van der Waals surface area contributed by atoms with Crippen LogP contribution in [0, 0.1) is 11.6 Å². The molecule has 1 aromatic heterocycles. The number of anilines is 1. The maximum absolute atomic E-state index is 13.8. The van der Waals surface area contributed by atoms with Gasteiger partial charge < -0.3 is 4.90 Å². The van der Waals surface area contributed by atoms with Crippen molar-refractivity contribution in [3.8, 4) is 11.3 Å². The summed E-state index contributed by atoms with van der Waals surface area (Å²) in [5.74, 6) is -0.990. The lowest BCUT2D eigenvalue weighted by Crippen LogP contribution is -2.26. The second-order valence-corrected chi connectivity index (χ2v) is 5.22. The number of halogens is 2. The van der Waals surface area contributed by atoms with E-state index in [1.165, 1.54) is 12.1 Å². The molecule has 0 spiro atoms. The zero-order valence-electron chi connectivity index (χ0n) is 13.0. The van der Waals surface area contributed by atoms with Crippen LogP contribution in [0.5, 0.6) is 0 Å². The van der Waals surface area contributed by atoms with E-state index in [0.29, 0.717) is 5.69 Å². The number of rotatable bonds is 7. The van der Waals surface area contributed by atoms with Crippen LogP contribution in [0.15, 0.2) is 30.3 Å². The fourth-order valence-electron chi connectivity index (χ4n) is 2.30. The highest BCUT2D eigenvalue weighted by Gasteiger charge is 2.13. The zero-order valence-corrected chi connectivity index (χ0v) is 13.0. The van der Waals surface area contributed by atoms with E-state index in [1.807, 2.05) is 6.07 Å². The molecular weight excluding hydrogens is 284 g/mol. The van der Waals surface area contributed by atoms with Crippen LogP contribution in [0.3, 0.4) is 0 Å². The van der Waals surface area contributed by atoms with Gasteiger partial charge in [0, 0.05) is 18.7 Å². The minimum atomic E-state index is -0.888. The van der Waals surface area contributed by atoms with E-state index < -0.39 is 11.6 Å². The number of aromatic nitrogens is 2. The second-order valence-electron chi connectivity index (χ2n) is 5.22. The predicted octanol–water partition coefficient (Wildman–Crippen LogP) is 4.44. The van der Waals surface area contributed by atoms with Crippen molar-refractivity contribution in [3.63, 3.8) is 0 Å². The van der Waals surface area contributed by atoms with E-state index in [2.05, 4.69) is 28.9 Å². The van der Waals surface area contributed by atoms with Crippen molar-refractivity contribution in [2.24, 2.45) is 0 Å². The first-order valence-electron chi connectivity index (χ1n) is 7.70. The van der Waals surface area contributed by atoms with Gasteiger partial charge in [-0.1, -0.05) is 26.3 Å². The number of benzene rings is 1. The molecule has 0 saturated heterocycles. The average Bonchev–Trinajstić information content (AvgIpc) is 2.54. The summed E-state index contributed by atoms with van der Waals surface area (Å²) in [6.45, 7) is 6.09. The quantitative estimate of drug-likeness (QED) is 0.757. The molecule has 0 aliphatic carbocycles. The van der Waals surface area contributed by atoms with Crippen LogP contribution in [-0.2, 0) is 0 Å². The molecule has 2 aromatic rings. The maximum atomic E-state index is 13.8. The van der Waals surface area contributed by atoms with Gasteiger partial charge in [0.1, 0.15) is 0 Å². The predicted molar refractivity (Wildman–Crippen MR) is 84.8 cm³/mol. The largest absolute Gasteiger partial charge is 0.355 e. The van der Waals surface area contributed by atoms with Crippen LogP contribution >= 0.6 is 0 Å². The van der Waals surface area contributed by atoms with Crippen LogP contribution < -0.4 is 4.90 Å². The molecule has 1 heterocycles. The highest BCUT2D eigenvalue weighted by Crippen LogP contribution is 2.23. The second kappa shape index (κ2) is 7.82. The first-order valence-corrected chi connectivity index (χ1v) is 7.70. The Labute approximate surface area is 130 Å². The molecule has 2 rings (SSSR count). The van der Waals surface area contributed by atoms with Gasteiger partial charge in [-0.15, -0.1) is 10.2 Å². The van der Waals surface area contributed by atoms with Crippen molar-refractivity contribution in [1.82, 2.24) is 10.2 Å². The number of unbranched alkanes of at least 4 members (excludes halogenated alkanes) is 1. The smallest absolute Gasteiger partial charge is 0.168 e. The molecule has 0 N–H and O–H groups in total. The lowest BCUT2D eigenvalue weighted by Gasteiger charge is -2.22. The van der Waals surface area contributed by atoms with Gasteiger partial charge in [0.25, 0.3) is 0 Å². The topological polar surface area (TPSA) is 29.0 Å². The summed E-state index contributed by atoms with van der Waals surface area (Å²) in [4.78, 5) is 2.17. The minimum absolute atomic E-state index is 0.134. The molecular formula is C17H21F2N3. The molecule has 0 aliphatic heterocycles. The Bertz CT molecular complexity index is 599. The van der Waals surface area contributed by atoms with E-state index in [1.54, 1.807) is 6.07 Å². The Morgan fingerprint density at radius 2 is 1.77 bits per heavy atom. The van der Waals surface area contributed by atoms with Crippen molar-refractivity contribution < 1.29 is 8.78 Å². The third-order valence-corrected chi connectivity index (χ3v) is 3.48. The SMILES string of the molecule is CCCCN(CCC)c1ccc(-c2cccc(F)c2F)nn1. The molecule has 3 nitrogen and oxygen atoms in total. The van der Waals surface area contributed by atoms with Crippen LogP contribution in [0.25, 0.3) is 11.3 Å². The van der Waals surface area contributed by atoms with Crippen molar-refractivity contribution in [1.29, 1.82) is 0 Å². The maximum Gasteiger partial charge on any atom is 0.168 e. The van der Waals surface area contributed by atoms with Gasteiger partial charge in [0.05, 0.1) is 5.69 Å². The molecule has 0 bridgehead atoms. The minimum Gasteiger partial charge on any atom is -0.355 e. The van der Waals surface area contributed by atoms with Crippen molar-refractivity contribution in [3.05, 3.63) is 42.0 Å². The van der Waals surface area contributed by atoms with E-state index in [4.69, 9.17) is 0 Å². The summed E-state index contributed by atoms with van der Waals surface area (Å²) in [6, 6.07) is 7.57. The van der Waals surface area contributed by atoms with Crippen molar-refractivity contribution >= 4 is 5.82 Å². The molecule has 118 valence electrons. The molecule has 0 saturated carbocycles. The zero-order chi connectivity index (χ0) is 15.9. The first kappa shape index (κ1) is 16.3. The molecule has 22 heavy (non-hydrogen) atoms. The summed E-state index contributed by atoms with van der Waals surface area (Å²) in [6.07, 6.45) is 3.22. The van der Waals surface area contributed by atoms with Gasteiger partial charge in [-0.2, -0.15) is 0 Å². The summed E-state index contributed by atoms with van der Waals surface area (Å²) < 4.78 is 27.1. The molecule has 5 heteroatoms. The average molecular weight is 305 g/mol. The fourth-order valence-corrected chi connectivity index (χ4v) is 2.30. The van der Waals surface area contributed by atoms with Crippen LogP contribution in [0.4, 0.5) is 14.6 Å². The number of hydrogen-bond donors (Lipinski definition) is 0. The van der Waals surface area contributed by atoms with E-state index in [-0.39, 0.29) is 5.56 Å². The first-order chi connectivity index (χ1) is 10.7. The van der Waals surface area contributed by atoms with Gasteiger partial charge in [-0.3, -0.25) is 0 Å². The van der Waals surface area contributed by atoms with Gasteiger partial charge in [-0.25, -0.2) is 8.78 Å². The highest BCUT2D eigenvalue weighted by molar-refractivity contribution is 5.60. The van der Waals surface area contributed by atoms with Crippen LogP contribution in [0.1, 0.15) is 33.1 Å². The van der Waals surface area contributed by atoms with Crippen LogP contribution in [0.2, 0.25) is 0 Å². The lowest BCUT2D eigenvalue weighted by molar-refractivity contribution is 0.511. The normalized spacial score (nSPS) is 10.7. The monoisotopic (exact) mass is 305 g/mol. The molecule has 0 aliphatic rings. The van der Waals surface area contributed by atoms with Gasteiger partial charge in [-0.05, 0) is 37.1 Å². The highest BCUT2D eigenvalue weighted by atomic mass is 19.2. The molecule has 0 amide bonds. The number of hydrogen-bond acceptors (Lipinski definition) is 3. The van der Waals surface area contributed by atoms with Crippen molar-refractivity contribution in [2.75, 3.05) is 18.0 Å². The van der Waals surface area contributed by atoms with Crippen LogP contribution in [-0.4, -0.2) is 23.3 Å². The molecule has 0 atom stereocenters. The Hall–Kier alpha value is -2.04. The van der Waals surface area contributed by atoms with Gasteiger partial charge in [0.2, 0.25) is 0 Å². The fraction of sp³-hybridized carbons (Fsp3) is 0.412. The molecule has 1 aromatic carbocycles. The van der Waals surface area contributed by atoms with E-state index in [0.717, 1.165) is 44.2 Å². The Morgan fingerprint density at radius 3 is 2.41 bits per heavy atom. The molecule has 0 fully saturated rings. The third kappa shape index (κ3) is 3.78. The summed E-state index contributed by atoms with van der Waals surface area (Å²) in [5.41, 5.74) is 0.474. The van der Waals surface area contributed by atoms with E-state index >= 15 is 0 Å². The Morgan fingerprint density at radius 1 is 0.955 bits per heavy atom. The lowest BCUT2D eigenvalue weighted by atomic mass is 10.1. The van der Waals surface area contributed by atoms with Crippen molar-refractivity contribution in [2.45, 2.75) is 33.1 Å². The Balaban J connectivity index is 2.23.